The maximum Gasteiger partial charge on any atom is 0.233 e. The molecule has 2 rings (SSSR count). The van der Waals surface area contributed by atoms with Gasteiger partial charge in [0, 0.05) is 19.4 Å². The third-order valence-corrected chi connectivity index (χ3v) is 3.91. The molecule has 1 fully saturated rings. The molecule has 104 valence electrons. The standard InChI is InChI=1S/C12H18N4O2S/c1-8(17)14-12-15-9(7-19-12)10-4-3-5-16(10)6-11(18)13-2/h7,10H,3-6H2,1-2H3,(H,13,18)(H,14,15,17). The minimum atomic E-state index is -0.116. The zero-order chi connectivity index (χ0) is 13.8. The predicted molar refractivity (Wildman–Crippen MR) is 74.0 cm³/mol. The van der Waals surface area contributed by atoms with E-state index in [2.05, 4.69) is 20.5 Å². The summed E-state index contributed by atoms with van der Waals surface area (Å²) in [5, 5.41) is 7.90. The number of thiazole rings is 1. The molecule has 1 unspecified atom stereocenters. The molecule has 0 bridgehead atoms. The number of likely N-dealkylation sites (N-methyl/N-ethyl adjacent to an activating group) is 1. The van der Waals surface area contributed by atoms with Gasteiger partial charge >= 0.3 is 0 Å². The number of hydrogen-bond donors (Lipinski definition) is 2. The van der Waals surface area contributed by atoms with Gasteiger partial charge in [-0.3, -0.25) is 14.5 Å². The third-order valence-electron chi connectivity index (χ3n) is 3.14. The van der Waals surface area contributed by atoms with Gasteiger partial charge in [-0.1, -0.05) is 0 Å². The van der Waals surface area contributed by atoms with Gasteiger partial charge in [-0.25, -0.2) is 4.98 Å². The number of carbonyl (C=O) groups is 2. The summed E-state index contributed by atoms with van der Waals surface area (Å²) in [6.07, 6.45) is 2.06. The van der Waals surface area contributed by atoms with Crippen molar-refractivity contribution in [2.45, 2.75) is 25.8 Å². The second kappa shape index (κ2) is 6.12. The Morgan fingerprint density at radius 2 is 2.37 bits per heavy atom. The molecule has 0 aromatic carbocycles. The Balaban J connectivity index is 2.05. The van der Waals surface area contributed by atoms with Crippen LogP contribution in [-0.2, 0) is 9.59 Å². The highest BCUT2D eigenvalue weighted by Crippen LogP contribution is 2.33. The molecule has 2 amide bonds. The van der Waals surface area contributed by atoms with Crippen molar-refractivity contribution in [3.05, 3.63) is 11.1 Å². The average molecular weight is 282 g/mol. The van der Waals surface area contributed by atoms with Crippen molar-refractivity contribution in [2.24, 2.45) is 0 Å². The number of nitrogens with zero attached hydrogens (tertiary/aromatic N) is 2. The fraction of sp³-hybridized carbons (Fsp3) is 0.583. The number of amides is 2. The first-order valence-electron chi connectivity index (χ1n) is 6.28. The van der Waals surface area contributed by atoms with Crippen LogP contribution in [0.2, 0.25) is 0 Å². The first-order valence-corrected chi connectivity index (χ1v) is 7.15. The Hall–Kier alpha value is -1.47. The molecule has 0 aliphatic carbocycles. The summed E-state index contributed by atoms with van der Waals surface area (Å²) in [6.45, 7) is 2.77. The van der Waals surface area contributed by atoms with Crippen molar-refractivity contribution in [1.82, 2.24) is 15.2 Å². The Bertz CT molecular complexity index is 474. The van der Waals surface area contributed by atoms with Crippen molar-refractivity contribution in [3.63, 3.8) is 0 Å². The second-order valence-corrected chi connectivity index (χ2v) is 5.42. The van der Waals surface area contributed by atoms with E-state index in [1.807, 2.05) is 5.38 Å². The van der Waals surface area contributed by atoms with Crippen LogP contribution in [0.3, 0.4) is 0 Å². The van der Waals surface area contributed by atoms with Crippen LogP contribution >= 0.6 is 11.3 Å². The lowest BCUT2D eigenvalue weighted by Crippen LogP contribution is -2.35. The number of carbonyl (C=O) groups excluding carboxylic acids is 2. The molecule has 1 aliphatic rings. The van der Waals surface area contributed by atoms with Crippen LogP contribution in [0, 0.1) is 0 Å². The molecule has 1 saturated heterocycles. The lowest BCUT2D eigenvalue weighted by atomic mass is 10.2. The highest BCUT2D eigenvalue weighted by Gasteiger charge is 2.29. The Morgan fingerprint density at radius 1 is 1.58 bits per heavy atom. The summed E-state index contributed by atoms with van der Waals surface area (Å²) < 4.78 is 0. The maximum atomic E-state index is 11.5. The molecule has 0 saturated carbocycles. The fourth-order valence-electron chi connectivity index (χ4n) is 2.26. The minimum absolute atomic E-state index is 0.0178. The van der Waals surface area contributed by atoms with Gasteiger partial charge in [0.15, 0.2) is 5.13 Å². The van der Waals surface area contributed by atoms with Gasteiger partial charge in [0.25, 0.3) is 0 Å². The van der Waals surface area contributed by atoms with Crippen molar-refractivity contribution in [3.8, 4) is 0 Å². The van der Waals surface area contributed by atoms with E-state index in [9.17, 15) is 9.59 Å². The number of aromatic nitrogens is 1. The number of anilines is 1. The smallest absolute Gasteiger partial charge is 0.233 e. The zero-order valence-electron chi connectivity index (χ0n) is 11.1. The second-order valence-electron chi connectivity index (χ2n) is 4.56. The topological polar surface area (TPSA) is 74.3 Å². The van der Waals surface area contributed by atoms with Gasteiger partial charge in [0.1, 0.15) is 0 Å². The molecule has 0 spiro atoms. The van der Waals surface area contributed by atoms with Crippen LogP contribution in [0.15, 0.2) is 5.38 Å². The SMILES string of the molecule is CNC(=O)CN1CCCC1c1csc(NC(C)=O)n1. The molecule has 6 nitrogen and oxygen atoms in total. The van der Waals surface area contributed by atoms with Crippen LogP contribution in [0.1, 0.15) is 31.5 Å². The summed E-state index contributed by atoms with van der Waals surface area (Å²) in [6, 6.07) is 0.177. The van der Waals surface area contributed by atoms with Gasteiger partial charge in [0.2, 0.25) is 11.8 Å². The molecule has 7 heteroatoms. The number of nitrogens with one attached hydrogen (secondary N) is 2. The van der Waals surface area contributed by atoms with E-state index in [-0.39, 0.29) is 17.9 Å². The van der Waals surface area contributed by atoms with E-state index in [4.69, 9.17) is 0 Å². The highest BCUT2D eigenvalue weighted by atomic mass is 32.1. The van der Waals surface area contributed by atoms with Gasteiger partial charge in [-0.2, -0.15) is 0 Å². The summed E-state index contributed by atoms with van der Waals surface area (Å²) in [5.41, 5.74) is 0.940. The molecule has 1 aromatic rings. The Labute approximate surface area is 116 Å². The first-order chi connectivity index (χ1) is 9.10. The fourth-order valence-corrected chi connectivity index (χ4v) is 3.06. The largest absolute Gasteiger partial charge is 0.358 e. The summed E-state index contributed by atoms with van der Waals surface area (Å²) in [7, 11) is 1.64. The Morgan fingerprint density at radius 3 is 3.05 bits per heavy atom. The van der Waals surface area contributed by atoms with E-state index in [1.165, 1.54) is 18.3 Å². The van der Waals surface area contributed by atoms with Crippen LogP contribution < -0.4 is 10.6 Å². The molecule has 0 radical (unpaired) electrons. The van der Waals surface area contributed by atoms with E-state index >= 15 is 0 Å². The molecule has 2 N–H and O–H groups in total. The zero-order valence-corrected chi connectivity index (χ0v) is 11.9. The summed E-state index contributed by atoms with van der Waals surface area (Å²) in [5.74, 6) is -0.0984. The normalized spacial score (nSPS) is 19.4. The van der Waals surface area contributed by atoms with Crippen LogP contribution in [0.5, 0.6) is 0 Å². The highest BCUT2D eigenvalue weighted by molar-refractivity contribution is 7.13. The minimum Gasteiger partial charge on any atom is -0.358 e. The molecular formula is C12H18N4O2S. The molecule has 19 heavy (non-hydrogen) atoms. The molecule has 2 heterocycles. The van der Waals surface area contributed by atoms with Gasteiger partial charge < -0.3 is 10.6 Å². The number of likely N-dealkylation sites (tertiary alicyclic amines) is 1. The lowest BCUT2D eigenvalue weighted by Gasteiger charge is -2.21. The number of rotatable bonds is 4. The average Bonchev–Trinajstić information content (AvgIpc) is 2.97. The first kappa shape index (κ1) is 14.0. The third kappa shape index (κ3) is 3.51. The van der Waals surface area contributed by atoms with E-state index in [0.717, 1.165) is 25.1 Å². The monoisotopic (exact) mass is 282 g/mol. The summed E-state index contributed by atoms with van der Waals surface area (Å²) >= 11 is 1.42. The van der Waals surface area contributed by atoms with Gasteiger partial charge in [-0.15, -0.1) is 11.3 Å². The molecule has 1 aromatic heterocycles. The van der Waals surface area contributed by atoms with Crippen molar-refractivity contribution >= 4 is 28.3 Å². The molecule has 1 aliphatic heterocycles. The van der Waals surface area contributed by atoms with Crippen LogP contribution in [-0.4, -0.2) is 41.8 Å². The lowest BCUT2D eigenvalue weighted by molar-refractivity contribution is -0.122. The van der Waals surface area contributed by atoms with Crippen LogP contribution in [0.4, 0.5) is 5.13 Å². The molecular weight excluding hydrogens is 264 g/mol. The van der Waals surface area contributed by atoms with Crippen LogP contribution in [0.25, 0.3) is 0 Å². The van der Waals surface area contributed by atoms with Gasteiger partial charge in [0.05, 0.1) is 18.3 Å². The summed E-state index contributed by atoms with van der Waals surface area (Å²) in [4.78, 5) is 29.0. The van der Waals surface area contributed by atoms with E-state index < -0.39 is 0 Å². The van der Waals surface area contributed by atoms with Crippen molar-refractivity contribution < 1.29 is 9.59 Å². The predicted octanol–water partition coefficient (Wildman–Crippen LogP) is 0.984. The molecule has 1 atom stereocenters. The van der Waals surface area contributed by atoms with E-state index in [1.54, 1.807) is 7.05 Å². The van der Waals surface area contributed by atoms with E-state index in [0.29, 0.717) is 11.7 Å². The van der Waals surface area contributed by atoms with Gasteiger partial charge in [-0.05, 0) is 19.4 Å². The van der Waals surface area contributed by atoms with Crippen molar-refractivity contribution in [2.75, 3.05) is 25.5 Å². The quantitative estimate of drug-likeness (QED) is 0.863. The maximum absolute atomic E-state index is 11.5. The Kier molecular flexibility index (Phi) is 4.49. The van der Waals surface area contributed by atoms with Crippen molar-refractivity contribution in [1.29, 1.82) is 0 Å². The number of hydrogen-bond acceptors (Lipinski definition) is 5.